The molecule has 1 nitrogen and oxygen atoms in total. The van der Waals surface area contributed by atoms with Gasteiger partial charge in [0.2, 0.25) is 0 Å². The molecule has 3 aromatic rings. The van der Waals surface area contributed by atoms with Gasteiger partial charge in [-0.25, -0.2) is 0 Å². The van der Waals surface area contributed by atoms with Crippen LogP contribution in [-0.2, 0) is 0 Å². The molecular formula is C24H29OP. The summed E-state index contributed by atoms with van der Waals surface area (Å²) in [4.78, 5) is 0. The molecule has 0 bridgehead atoms. The molecule has 0 heterocycles. The number of aliphatic hydroxyl groups is 1. The molecule has 0 amide bonds. The molecule has 0 aliphatic carbocycles. The first-order chi connectivity index (χ1) is 12.9. The van der Waals surface area contributed by atoms with Gasteiger partial charge in [0.1, 0.15) is 0 Å². The first-order valence-electron chi connectivity index (χ1n) is 9.65. The van der Waals surface area contributed by atoms with Crippen molar-refractivity contribution in [3.63, 3.8) is 0 Å². The van der Waals surface area contributed by atoms with Crippen LogP contribution in [0, 0.1) is 0 Å². The molecule has 136 valence electrons. The molecular weight excluding hydrogens is 335 g/mol. The van der Waals surface area contributed by atoms with E-state index < -0.39 is 7.26 Å². The van der Waals surface area contributed by atoms with Gasteiger partial charge in [-0.2, -0.15) is 0 Å². The third kappa shape index (κ3) is 4.23. The van der Waals surface area contributed by atoms with Gasteiger partial charge >= 0.3 is 158 Å². The molecule has 3 aromatic carbocycles. The molecule has 0 aliphatic rings. The van der Waals surface area contributed by atoms with E-state index in [0.717, 1.165) is 12.8 Å². The van der Waals surface area contributed by atoms with Crippen molar-refractivity contribution in [2.75, 3.05) is 12.8 Å². The van der Waals surface area contributed by atoms with Gasteiger partial charge in [-0.1, -0.05) is 0 Å². The summed E-state index contributed by atoms with van der Waals surface area (Å²) in [6.45, 7) is 0.304. The van der Waals surface area contributed by atoms with Crippen molar-refractivity contribution in [2.24, 2.45) is 0 Å². The SMILES string of the molecule is OCCCCCC[PH](c1ccccc1)(c1ccccc1)c1ccccc1. The number of benzene rings is 3. The Morgan fingerprint density at radius 3 is 1.27 bits per heavy atom. The van der Waals surface area contributed by atoms with Crippen LogP contribution in [0.1, 0.15) is 25.7 Å². The van der Waals surface area contributed by atoms with Gasteiger partial charge in [0.05, 0.1) is 0 Å². The molecule has 1 N–H and O–H groups in total. The second-order valence-electron chi connectivity index (χ2n) is 6.89. The first kappa shape index (κ1) is 18.8. The maximum absolute atomic E-state index is 9.07. The molecule has 2 heteroatoms. The van der Waals surface area contributed by atoms with Crippen LogP contribution in [0.25, 0.3) is 0 Å². The van der Waals surface area contributed by atoms with Crippen molar-refractivity contribution >= 4 is 23.2 Å². The zero-order valence-corrected chi connectivity index (χ0v) is 16.4. The molecule has 0 saturated heterocycles. The van der Waals surface area contributed by atoms with Crippen LogP contribution in [0.2, 0.25) is 0 Å². The summed E-state index contributed by atoms with van der Waals surface area (Å²) in [5, 5.41) is 13.5. The molecule has 0 spiro atoms. The summed E-state index contributed by atoms with van der Waals surface area (Å²) < 4.78 is 0. The van der Waals surface area contributed by atoms with E-state index in [4.69, 9.17) is 5.11 Å². The van der Waals surface area contributed by atoms with Crippen LogP contribution >= 0.6 is 7.26 Å². The summed E-state index contributed by atoms with van der Waals surface area (Å²) >= 11 is 0. The predicted octanol–water partition coefficient (Wildman–Crippen LogP) is 4.27. The van der Waals surface area contributed by atoms with Gasteiger partial charge in [-0.15, -0.1) is 0 Å². The monoisotopic (exact) mass is 364 g/mol. The van der Waals surface area contributed by atoms with Crippen molar-refractivity contribution in [2.45, 2.75) is 25.7 Å². The Balaban J connectivity index is 2.06. The Kier molecular flexibility index (Phi) is 7.00. The van der Waals surface area contributed by atoms with Crippen LogP contribution in [-0.4, -0.2) is 17.9 Å². The Hall–Kier alpha value is -1.95. The molecule has 0 fully saturated rings. The standard InChI is InChI=1S/C24H29OP/c25-20-12-1-2-13-21-26(22-14-6-3-7-15-22,23-16-8-4-9-17-23)24-18-10-5-11-19-24/h3-11,14-19,25-26H,1-2,12-13,20-21H2. The van der Waals surface area contributed by atoms with Gasteiger partial charge in [-0.3, -0.25) is 0 Å². The second kappa shape index (κ2) is 9.67. The predicted molar refractivity (Wildman–Crippen MR) is 117 cm³/mol. The Morgan fingerprint density at radius 1 is 0.500 bits per heavy atom. The van der Waals surface area contributed by atoms with E-state index in [1.807, 2.05) is 0 Å². The van der Waals surface area contributed by atoms with E-state index in [-0.39, 0.29) is 0 Å². The normalized spacial score (nSPS) is 12.0. The minimum atomic E-state index is -2.05. The summed E-state index contributed by atoms with van der Waals surface area (Å²) in [5.74, 6) is 0. The number of hydrogen-bond donors (Lipinski definition) is 1. The summed E-state index contributed by atoms with van der Waals surface area (Å²) in [7, 11) is -2.05. The zero-order valence-electron chi connectivity index (χ0n) is 15.4. The van der Waals surface area contributed by atoms with E-state index in [0.29, 0.717) is 6.61 Å². The Morgan fingerprint density at radius 2 is 0.885 bits per heavy atom. The average molecular weight is 364 g/mol. The minimum absolute atomic E-state index is 0.304. The molecule has 0 radical (unpaired) electrons. The van der Waals surface area contributed by atoms with Gasteiger partial charge in [-0.05, 0) is 0 Å². The third-order valence-electron chi connectivity index (χ3n) is 5.26. The number of unbranched alkanes of at least 4 members (excludes halogenated alkanes) is 3. The fraction of sp³-hybridized carbons (Fsp3) is 0.250. The summed E-state index contributed by atoms with van der Waals surface area (Å²) in [6, 6.07) is 33.3. The van der Waals surface area contributed by atoms with Crippen LogP contribution in [0.3, 0.4) is 0 Å². The zero-order chi connectivity index (χ0) is 18.1. The first-order valence-corrected chi connectivity index (χ1v) is 11.9. The van der Waals surface area contributed by atoms with Crippen molar-refractivity contribution in [1.29, 1.82) is 0 Å². The fourth-order valence-corrected chi connectivity index (χ4v) is 8.89. The summed E-state index contributed by atoms with van der Waals surface area (Å²) in [5.41, 5.74) is 0. The number of rotatable bonds is 9. The molecule has 0 unspecified atom stereocenters. The number of hydrogen-bond acceptors (Lipinski definition) is 1. The van der Waals surface area contributed by atoms with Gasteiger partial charge < -0.3 is 0 Å². The van der Waals surface area contributed by atoms with Crippen molar-refractivity contribution in [1.82, 2.24) is 0 Å². The van der Waals surface area contributed by atoms with Gasteiger partial charge in [0.15, 0.2) is 0 Å². The Labute approximate surface area is 158 Å². The number of aliphatic hydroxyl groups excluding tert-OH is 1. The van der Waals surface area contributed by atoms with Crippen molar-refractivity contribution < 1.29 is 5.11 Å². The second-order valence-corrected chi connectivity index (χ2v) is 10.9. The van der Waals surface area contributed by atoms with E-state index in [1.54, 1.807) is 0 Å². The van der Waals surface area contributed by atoms with Crippen LogP contribution in [0.5, 0.6) is 0 Å². The van der Waals surface area contributed by atoms with E-state index in [2.05, 4.69) is 91.0 Å². The van der Waals surface area contributed by atoms with E-state index in [1.165, 1.54) is 34.9 Å². The summed E-state index contributed by atoms with van der Waals surface area (Å²) in [6.07, 6.45) is 5.61. The van der Waals surface area contributed by atoms with Gasteiger partial charge in [0, 0.05) is 0 Å². The van der Waals surface area contributed by atoms with Crippen molar-refractivity contribution in [3.8, 4) is 0 Å². The van der Waals surface area contributed by atoms with Crippen LogP contribution in [0.15, 0.2) is 91.0 Å². The maximum atomic E-state index is 9.07. The molecule has 26 heavy (non-hydrogen) atoms. The van der Waals surface area contributed by atoms with E-state index >= 15 is 0 Å². The molecule has 3 rings (SSSR count). The van der Waals surface area contributed by atoms with Crippen LogP contribution in [0.4, 0.5) is 0 Å². The van der Waals surface area contributed by atoms with Gasteiger partial charge in [0.25, 0.3) is 0 Å². The Bertz CT molecular complexity index is 659. The van der Waals surface area contributed by atoms with Crippen molar-refractivity contribution in [3.05, 3.63) is 91.0 Å². The quantitative estimate of drug-likeness (QED) is 0.444. The fourth-order valence-electron chi connectivity index (χ4n) is 3.96. The van der Waals surface area contributed by atoms with Crippen LogP contribution < -0.4 is 15.9 Å². The molecule has 0 aromatic heterocycles. The molecule has 0 aliphatic heterocycles. The average Bonchev–Trinajstić information content (AvgIpc) is 2.73. The molecule has 0 saturated carbocycles. The molecule has 0 atom stereocenters. The third-order valence-corrected chi connectivity index (χ3v) is 10.3. The van der Waals surface area contributed by atoms with E-state index in [9.17, 15) is 0 Å². The topological polar surface area (TPSA) is 20.2 Å².